The molecule has 1 rings (SSSR count). The number of rotatable bonds is 5. The molecule has 0 saturated heterocycles. The predicted molar refractivity (Wildman–Crippen MR) is 62.3 cm³/mol. The predicted octanol–water partition coefficient (Wildman–Crippen LogP) is -0.571. The second-order valence-electron chi connectivity index (χ2n) is 3.39. The average molecular weight is 258 g/mol. The van der Waals surface area contributed by atoms with Gasteiger partial charge in [0.2, 0.25) is 17.7 Å². The molecule has 0 radical (unpaired) electrons. The Balaban J connectivity index is 2.44. The van der Waals surface area contributed by atoms with Crippen molar-refractivity contribution in [2.75, 3.05) is 5.75 Å². The Labute approximate surface area is 104 Å². The third-order valence-electron chi connectivity index (χ3n) is 1.86. The molecule has 1 unspecified atom stereocenters. The zero-order chi connectivity index (χ0) is 12.8. The van der Waals surface area contributed by atoms with E-state index in [-0.39, 0.29) is 24.1 Å². The number of nitrogens with zero attached hydrogens (tertiary/aromatic N) is 2. The van der Waals surface area contributed by atoms with Crippen LogP contribution in [0, 0.1) is 6.92 Å². The Hall–Kier alpha value is -1.57. The van der Waals surface area contributed by atoms with Gasteiger partial charge in [-0.3, -0.25) is 9.59 Å². The lowest BCUT2D eigenvalue weighted by atomic mass is 10.3. The Bertz CT molecular complexity index is 407. The summed E-state index contributed by atoms with van der Waals surface area (Å²) in [6.07, 6.45) is 0. The van der Waals surface area contributed by atoms with Crippen molar-refractivity contribution in [1.29, 1.82) is 0 Å². The molecule has 0 saturated carbocycles. The summed E-state index contributed by atoms with van der Waals surface area (Å²) in [5.41, 5.74) is 0. The summed E-state index contributed by atoms with van der Waals surface area (Å²) in [7, 11) is 0. The molecule has 0 bridgehead atoms. The summed E-state index contributed by atoms with van der Waals surface area (Å²) >= 11 is 3.99. The van der Waals surface area contributed by atoms with Crippen molar-refractivity contribution >= 4 is 24.4 Å². The fourth-order valence-corrected chi connectivity index (χ4v) is 1.39. The van der Waals surface area contributed by atoms with Crippen LogP contribution in [0.15, 0.2) is 4.52 Å². The van der Waals surface area contributed by atoms with E-state index in [4.69, 9.17) is 4.52 Å². The van der Waals surface area contributed by atoms with Crippen molar-refractivity contribution in [3.05, 3.63) is 11.7 Å². The van der Waals surface area contributed by atoms with Crippen molar-refractivity contribution in [2.24, 2.45) is 0 Å². The van der Waals surface area contributed by atoms with Gasteiger partial charge in [-0.1, -0.05) is 5.16 Å². The first-order valence-corrected chi connectivity index (χ1v) is 5.61. The summed E-state index contributed by atoms with van der Waals surface area (Å²) in [6, 6.07) is -0.667. The van der Waals surface area contributed by atoms with Crippen molar-refractivity contribution < 1.29 is 14.1 Å². The maximum Gasteiger partial charge on any atom is 0.246 e. The second-order valence-corrected chi connectivity index (χ2v) is 3.75. The van der Waals surface area contributed by atoms with Gasteiger partial charge in [-0.15, -0.1) is 0 Å². The van der Waals surface area contributed by atoms with Gasteiger partial charge in [-0.2, -0.15) is 17.6 Å². The molecule has 0 aliphatic rings. The first-order valence-electron chi connectivity index (χ1n) is 4.97. The van der Waals surface area contributed by atoms with E-state index in [1.165, 1.54) is 6.92 Å². The molecule has 0 spiro atoms. The summed E-state index contributed by atoms with van der Waals surface area (Å²) in [5, 5.41) is 8.63. The van der Waals surface area contributed by atoms with E-state index in [9.17, 15) is 9.59 Å². The number of aryl methyl sites for hydroxylation is 1. The molecule has 1 aromatic rings. The van der Waals surface area contributed by atoms with Gasteiger partial charge in [0.1, 0.15) is 6.04 Å². The van der Waals surface area contributed by atoms with Crippen LogP contribution in [0.25, 0.3) is 0 Å². The Morgan fingerprint density at radius 1 is 1.53 bits per heavy atom. The fourth-order valence-electron chi connectivity index (χ4n) is 1.14. The number of carbonyl (C=O) groups excluding carboxylic acids is 2. The molecule has 0 aliphatic heterocycles. The molecule has 0 fully saturated rings. The molecule has 8 heteroatoms. The minimum Gasteiger partial charge on any atom is -0.345 e. The van der Waals surface area contributed by atoms with Crippen LogP contribution in [0.5, 0.6) is 0 Å². The summed E-state index contributed by atoms with van der Waals surface area (Å²) < 4.78 is 4.83. The number of aromatic nitrogens is 2. The SMILES string of the molecule is CC(=O)NC(CS)C(=O)NCc1nc(C)no1. The van der Waals surface area contributed by atoms with E-state index < -0.39 is 6.04 Å². The van der Waals surface area contributed by atoms with Crippen molar-refractivity contribution in [3.63, 3.8) is 0 Å². The van der Waals surface area contributed by atoms with Crippen LogP contribution in [0.1, 0.15) is 18.6 Å². The number of amides is 2. The molecule has 1 aromatic heterocycles. The van der Waals surface area contributed by atoms with E-state index in [0.717, 1.165) is 0 Å². The van der Waals surface area contributed by atoms with E-state index in [0.29, 0.717) is 11.7 Å². The number of hydrogen-bond donors (Lipinski definition) is 3. The number of carbonyl (C=O) groups is 2. The minimum atomic E-state index is -0.667. The zero-order valence-corrected chi connectivity index (χ0v) is 10.5. The minimum absolute atomic E-state index is 0.129. The third-order valence-corrected chi connectivity index (χ3v) is 2.23. The maximum absolute atomic E-state index is 11.6. The molecule has 7 nitrogen and oxygen atoms in total. The lowest BCUT2D eigenvalue weighted by Crippen LogP contribution is -2.47. The smallest absolute Gasteiger partial charge is 0.246 e. The highest BCUT2D eigenvalue weighted by atomic mass is 32.1. The molecule has 17 heavy (non-hydrogen) atoms. The van der Waals surface area contributed by atoms with Crippen molar-refractivity contribution in [1.82, 2.24) is 20.8 Å². The van der Waals surface area contributed by atoms with E-state index in [1.54, 1.807) is 6.92 Å². The summed E-state index contributed by atoms with van der Waals surface area (Å²) in [5.74, 6) is 0.409. The molecule has 0 aliphatic carbocycles. The number of hydrogen-bond acceptors (Lipinski definition) is 6. The fraction of sp³-hybridized carbons (Fsp3) is 0.556. The van der Waals surface area contributed by atoms with Gasteiger partial charge in [0.15, 0.2) is 5.82 Å². The Kier molecular flexibility index (Phi) is 4.95. The zero-order valence-electron chi connectivity index (χ0n) is 9.56. The van der Waals surface area contributed by atoms with Crippen molar-refractivity contribution in [3.8, 4) is 0 Å². The lowest BCUT2D eigenvalue weighted by Gasteiger charge is -2.14. The summed E-state index contributed by atoms with van der Waals surface area (Å²) in [4.78, 5) is 26.4. The van der Waals surface area contributed by atoms with Gasteiger partial charge in [0.05, 0.1) is 6.54 Å². The van der Waals surface area contributed by atoms with Crippen LogP contribution in [0.2, 0.25) is 0 Å². The van der Waals surface area contributed by atoms with Crippen LogP contribution < -0.4 is 10.6 Å². The van der Waals surface area contributed by atoms with E-state index in [2.05, 4.69) is 33.4 Å². The number of thiol groups is 1. The normalized spacial score (nSPS) is 11.9. The largest absolute Gasteiger partial charge is 0.345 e. The molecule has 94 valence electrons. The summed E-state index contributed by atoms with van der Waals surface area (Å²) in [6.45, 7) is 3.15. The first kappa shape index (κ1) is 13.5. The Morgan fingerprint density at radius 3 is 2.71 bits per heavy atom. The first-order chi connectivity index (χ1) is 8.02. The third kappa shape index (κ3) is 4.43. The topological polar surface area (TPSA) is 97.1 Å². The van der Waals surface area contributed by atoms with Gasteiger partial charge >= 0.3 is 0 Å². The Morgan fingerprint density at radius 2 is 2.24 bits per heavy atom. The monoisotopic (exact) mass is 258 g/mol. The van der Waals surface area contributed by atoms with Crippen molar-refractivity contribution in [2.45, 2.75) is 26.4 Å². The molecule has 1 heterocycles. The number of nitrogens with one attached hydrogen (secondary N) is 2. The quantitative estimate of drug-likeness (QED) is 0.614. The lowest BCUT2D eigenvalue weighted by molar-refractivity contribution is -0.127. The van der Waals surface area contributed by atoms with Gasteiger partial charge in [-0.25, -0.2) is 0 Å². The molecule has 2 N–H and O–H groups in total. The van der Waals surface area contributed by atoms with E-state index in [1.807, 2.05) is 0 Å². The highest BCUT2D eigenvalue weighted by molar-refractivity contribution is 7.80. The molecular formula is C9H14N4O3S. The van der Waals surface area contributed by atoms with Crippen LogP contribution in [-0.4, -0.2) is 33.7 Å². The van der Waals surface area contributed by atoms with Crippen LogP contribution in [0.4, 0.5) is 0 Å². The van der Waals surface area contributed by atoms with E-state index >= 15 is 0 Å². The highest BCUT2D eigenvalue weighted by Gasteiger charge is 2.17. The van der Waals surface area contributed by atoms with Crippen LogP contribution in [-0.2, 0) is 16.1 Å². The highest BCUT2D eigenvalue weighted by Crippen LogP contribution is 1.96. The molecule has 1 atom stereocenters. The van der Waals surface area contributed by atoms with Crippen LogP contribution in [0.3, 0.4) is 0 Å². The van der Waals surface area contributed by atoms with Gasteiger partial charge in [0.25, 0.3) is 0 Å². The van der Waals surface area contributed by atoms with Crippen LogP contribution >= 0.6 is 12.6 Å². The molecular weight excluding hydrogens is 244 g/mol. The molecule has 0 aromatic carbocycles. The molecule has 2 amide bonds. The second kappa shape index (κ2) is 6.24. The average Bonchev–Trinajstić information content (AvgIpc) is 2.68. The van der Waals surface area contributed by atoms with Gasteiger partial charge in [0, 0.05) is 12.7 Å². The standard InChI is InChI=1S/C9H14N4O3S/c1-5-11-8(16-13-5)3-10-9(15)7(4-17)12-6(2)14/h7,17H,3-4H2,1-2H3,(H,10,15)(H,12,14). The maximum atomic E-state index is 11.6. The van der Waals surface area contributed by atoms with Gasteiger partial charge < -0.3 is 15.2 Å². The van der Waals surface area contributed by atoms with Gasteiger partial charge in [-0.05, 0) is 6.92 Å².